The Morgan fingerprint density at radius 1 is 0.917 bits per heavy atom. The van der Waals surface area contributed by atoms with Crippen molar-refractivity contribution in [1.29, 1.82) is 0 Å². The van der Waals surface area contributed by atoms with Gasteiger partial charge >= 0.3 is 5.97 Å². The summed E-state index contributed by atoms with van der Waals surface area (Å²) in [5, 5.41) is 13.9. The number of nitrogens with one attached hydrogen (secondary N) is 1. The van der Waals surface area contributed by atoms with Crippen molar-refractivity contribution in [3.8, 4) is 0 Å². The molecule has 2 N–H and O–H groups in total. The van der Waals surface area contributed by atoms with E-state index in [1.807, 2.05) is 0 Å². The van der Waals surface area contributed by atoms with Gasteiger partial charge in [-0.1, -0.05) is 66.7 Å². The molecule has 5 heteroatoms. The number of likely N-dealkylation sites (tertiary alicyclic amines) is 1. The number of benzene rings is 1. The number of ether oxygens (including phenoxy) is 1. The molecule has 1 aromatic carbocycles. The first-order chi connectivity index (χ1) is 22.7. The summed E-state index contributed by atoms with van der Waals surface area (Å²) in [7, 11) is 0. The van der Waals surface area contributed by atoms with Crippen molar-refractivity contribution in [3.63, 3.8) is 0 Å². The SMILES string of the molecule is CC(C)[C@@H]1CC[C@]2(NCCN3CC4(COC4)C3)CC[C@]3(C)[C@H](CC[C@@H]4[C@@]5(C)CC=C(c6ccc(C(=O)O)cc6)C(C)(C)[C@@H]5CC[C@]43C)[C@@H]12. The van der Waals surface area contributed by atoms with Crippen LogP contribution in [0.2, 0.25) is 0 Å². The summed E-state index contributed by atoms with van der Waals surface area (Å²) in [6.07, 6.45) is 14.7. The van der Waals surface area contributed by atoms with Gasteiger partial charge in [0.15, 0.2) is 0 Å². The van der Waals surface area contributed by atoms with Crippen molar-refractivity contribution in [2.75, 3.05) is 39.4 Å². The van der Waals surface area contributed by atoms with Crippen molar-refractivity contribution in [1.82, 2.24) is 10.2 Å². The highest BCUT2D eigenvalue weighted by atomic mass is 16.5. The monoisotopic (exact) mass is 656 g/mol. The van der Waals surface area contributed by atoms with Gasteiger partial charge in [-0.3, -0.25) is 0 Å². The van der Waals surface area contributed by atoms with Crippen LogP contribution >= 0.6 is 0 Å². The molecule has 0 aromatic heterocycles. The normalized spacial score (nSPS) is 44.1. The van der Waals surface area contributed by atoms with Gasteiger partial charge in [0.25, 0.3) is 0 Å². The Balaban J connectivity index is 1.05. The molecule has 5 nitrogen and oxygen atoms in total. The van der Waals surface area contributed by atoms with Crippen LogP contribution in [0.25, 0.3) is 5.57 Å². The van der Waals surface area contributed by atoms with Crippen molar-refractivity contribution in [3.05, 3.63) is 41.5 Å². The zero-order valence-corrected chi connectivity index (χ0v) is 31.2. The van der Waals surface area contributed by atoms with Gasteiger partial charge < -0.3 is 20.1 Å². The van der Waals surface area contributed by atoms with E-state index in [-0.39, 0.29) is 10.8 Å². The van der Waals surface area contributed by atoms with Gasteiger partial charge in [0.05, 0.1) is 18.8 Å². The number of aromatic carboxylic acids is 1. The van der Waals surface area contributed by atoms with E-state index < -0.39 is 5.97 Å². The second-order valence-electron chi connectivity index (χ2n) is 19.9. The number of rotatable bonds is 7. The second kappa shape index (κ2) is 11.2. The first kappa shape index (κ1) is 33.5. The molecule has 2 saturated heterocycles. The number of allylic oxidation sites excluding steroid dienone is 2. The van der Waals surface area contributed by atoms with E-state index in [4.69, 9.17) is 4.74 Å². The van der Waals surface area contributed by atoms with E-state index in [2.05, 4.69) is 76.9 Å². The highest BCUT2D eigenvalue weighted by Crippen LogP contribution is 2.76. The molecule has 264 valence electrons. The van der Waals surface area contributed by atoms with E-state index in [1.165, 1.54) is 82.1 Å². The summed E-state index contributed by atoms with van der Waals surface area (Å²) in [5.41, 5.74) is 4.92. The lowest BCUT2D eigenvalue weighted by Crippen LogP contribution is -2.69. The molecule has 2 heterocycles. The van der Waals surface area contributed by atoms with E-state index >= 15 is 0 Å². The maximum Gasteiger partial charge on any atom is 0.335 e. The predicted octanol–water partition coefficient (Wildman–Crippen LogP) is 8.79. The van der Waals surface area contributed by atoms with Crippen molar-refractivity contribution >= 4 is 11.5 Å². The molecule has 0 unspecified atom stereocenters. The summed E-state index contributed by atoms with van der Waals surface area (Å²) in [6, 6.07) is 7.69. The average molecular weight is 657 g/mol. The third-order valence-electron chi connectivity index (χ3n) is 17.2. The number of hydrogen-bond donors (Lipinski definition) is 2. The van der Waals surface area contributed by atoms with Crippen LogP contribution in [0.5, 0.6) is 0 Å². The largest absolute Gasteiger partial charge is 0.478 e. The van der Waals surface area contributed by atoms with E-state index in [1.54, 1.807) is 12.1 Å². The highest BCUT2D eigenvalue weighted by molar-refractivity contribution is 5.88. The van der Waals surface area contributed by atoms with Crippen molar-refractivity contribution in [2.45, 2.75) is 112 Å². The van der Waals surface area contributed by atoms with Crippen LogP contribution in [0.4, 0.5) is 0 Å². The van der Waals surface area contributed by atoms with Crippen LogP contribution in [0, 0.1) is 62.6 Å². The quantitative estimate of drug-likeness (QED) is 0.307. The first-order valence-electron chi connectivity index (χ1n) is 19.8. The number of nitrogens with zero attached hydrogens (tertiary/aromatic N) is 1. The predicted molar refractivity (Wildman–Crippen MR) is 194 cm³/mol. The third-order valence-corrected chi connectivity index (χ3v) is 17.2. The molecule has 1 spiro atoms. The average Bonchev–Trinajstić information content (AvgIpc) is 3.38. The lowest BCUT2D eigenvalue weighted by atomic mass is 9.33. The van der Waals surface area contributed by atoms with Gasteiger partial charge in [-0.25, -0.2) is 4.79 Å². The zero-order valence-electron chi connectivity index (χ0n) is 31.2. The summed E-state index contributed by atoms with van der Waals surface area (Å²) < 4.78 is 5.54. The molecule has 2 aliphatic heterocycles. The minimum atomic E-state index is -0.848. The smallest absolute Gasteiger partial charge is 0.335 e. The van der Waals surface area contributed by atoms with Gasteiger partial charge in [-0.2, -0.15) is 0 Å². The maximum absolute atomic E-state index is 11.6. The lowest BCUT2D eigenvalue weighted by molar-refractivity contribution is -0.221. The van der Waals surface area contributed by atoms with Crippen LogP contribution in [0.3, 0.4) is 0 Å². The molecule has 8 rings (SSSR count). The van der Waals surface area contributed by atoms with E-state index in [9.17, 15) is 9.90 Å². The number of carboxylic acid groups (broad SMARTS) is 1. The Morgan fingerprint density at radius 2 is 1.65 bits per heavy atom. The Bertz CT molecular complexity index is 1450. The summed E-state index contributed by atoms with van der Waals surface area (Å²) >= 11 is 0. The highest BCUT2D eigenvalue weighted by Gasteiger charge is 2.70. The van der Waals surface area contributed by atoms with E-state index in [0.29, 0.717) is 33.3 Å². The number of carbonyl (C=O) groups is 1. The number of carboxylic acids is 1. The van der Waals surface area contributed by atoms with Gasteiger partial charge in [-0.15, -0.1) is 0 Å². The van der Waals surface area contributed by atoms with Crippen molar-refractivity contribution in [2.24, 2.45) is 62.6 Å². The Labute approximate surface area is 291 Å². The molecule has 5 aliphatic carbocycles. The van der Waals surface area contributed by atoms with Gasteiger partial charge in [0.2, 0.25) is 0 Å². The Morgan fingerprint density at radius 3 is 2.29 bits per heavy atom. The third kappa shape index (κ3) is 4.61. The van der Waals surface area contributed by atoms with Crippen LogP contribution in [0.15, 0.2) is 30.3 Å². The van der Waals surface area contributed by atoms with Crippen LogP contribution < -0.4 is 5.32 Å². The summed E-state index contributed by atoms with van der Waals surface area (Å²) in [6.45, 7) is 25.1. The molecule has 0 radical (unpaired) electrons. The minimum absolute atomic E-state index is 0.0540. The number of fused-ring (bicyclic) bond motifs is 7. The summed E-state index contributed by atoms with van der Waals surface area (Å²) in [4.78, 5) is 14.2. The Hall–Kier alpha value is -1.69. The topological polar surface area (TPSA) is 61.8 Å². The first-order valence-corrected chi connectivity index (χ1v) is 19.8. The molecule has 9 atom stereocenters. The zero-order chi connectivity index (χ0) is 33.9. The molecular weight excluding hydrogens is 592 g/mol. The van der Waals surface area contributed by atoms with Gasteiger partial charge in [0.1, 0.15) is 0 Å². The van der Waals surface area contributed by atoms with Crippen LogP contribution in [0.1, 0.15) is 122 Å². The lowest BCUT2D eigenvalue weighted by Gasteiger charge is -2.72. The minimum Gasteiger partial charge on any atom is -0.478 e. The van der Waals surface area contributed by atoms with Gasteiger partial charge in [-0.05, 0) is 138 Å². The van der Waals surface area contributed by atoms with Crippen LogP contribution in [-0.4, -0.2) is 60.9 Å². The fourth-order valence-corrected chi connectivity index (χ4v) is 14.7. The maximum atomic E-state index is 11.6. The van der Waals surface area contributed by atoms with Crippen LogP contribution in [-0.2, 0) is 4.74 Å². The molecule has 0 bridgehead atoms. The standard InChI is InChI=1S/C43H64N2O3/c1-28(2)31-14-19-43(44-22-23-45-24-42(25-45)26-48-27-42)21-20-40(6)33(36(31)43)12-13-35-39(5)17-15-32(29-8-10-30(11-9-29)37(46)47)38(3,4)34(39)16-18-41(35,40)7/h8-11,15,28,31,33-36,44H,12-14,16-27H2,1-7H3,(H,46,47)/t31-,33+,34-,35+,36+,39-,40+,41+,43-/m0/s1. The second-order valence-corrected chi connectivity index (χ2v) is 19.9. The van der Waals surface area contributed by atoms with Gasteiger partial charge in [0, 0.05) is 37.1 Å². The fraction of sp³-hybridized carbons (Fsp3) is 0.791. The number of hydrogen-bond acceptors (Lipinski definition) is 4. The molecule has 4 saturated carbocycles. The van der Waals surface area contributed by atoms with Crippen molar-refractivity contribution < 1.29 is 14.6 Å². The summed E-state index contributed by atoms with van der Waals surface area (Å²) in [5.74, 6) is 3.72. The molecule has 6 fully saturated rings. The molecule has 0 amide bonds. The van der Waals surface area contributed by atoms with E-state index in [0.717, 1.165) is 55.8 Å². The fourth-order valence-electron chi connectivity index (χ4n) is 14.7. The molecule has 48 heavy (non-hydrogen) atoms. The Kier molecular flexibility index (Phi) is 7.77. The molecule has 7 aliphatic rings. The molecule has 1 aromatic rings. The molecular formula is C43H64N2O3.